The average molecular weight is 282 g/mol. The SMILES string of the molecule is CCN(Cc1nc(C(F)(F)F)cs1)C(C)(C)CO. The summed E-state index contributed by atoms with van der Waals surface area (Å²) in [4.78, 5) is 5.48. The number of aromatic nitrogens is 1. The minimum atomic E-state index is -4.39. The second kappa shape index (κ2) is 5.54. The first-order chi connectivity index (χ1) is 8.20. The number of halogens is 3. The number of aliphatic hydroxyl groups excluding tert-OH is 1. The molecule has 0 aromatic carbocycles. The van der Waals surface area contributed by atoms with Gasteiger partial charge >= 0.3 is 6.18 Å². The van der Waals surface area contributed by atoms with Crippen LogP contribution in [0.15, 0.2) is 5.38 Å². The van der Waals surface area contributed by atoms with Crippen molar-refractivity contribution < 1.29 is 18.3 Å². The molecular weight excluding hydrogens is 265 g/mol. The van der Waals surface area contributed by atoms with Gasteiger partial charge in [0.15, 0.2) is 5.69 Å². The number of aliphatic hydroxyl groups is 1. The highest BCUT2D eigenvalue weighted by atomic mass is 32.1. The molecule has 0 aliphatic carbocycles. The molecule has 0 radical (unpaired) electrons. The van der Waals surface area contributed by atoms with E-state index in [1.165, 1.54) is 0 Å². The number of hydrogen-bond donors (Lipinski definition) is 1. The van der Waals surface area contributed by atoms with Gasteiger partial charge in [-0.3, -0.25) is 4.90 Å². The van der Waals surface area contributed by atoms with E-state index in [0.717, 1.165) is 16.7 Å². The Morgan fingerprint density at radius 2 is 2.00 bits per heavy atom. The molecule has 7 heteroatoms. The molecule has 0 fully saturated rings. The lowest BCUT2D eigenvalue weighted by Gasteiger charge is -2.35. The van der Waals surface area contributed by atoms with E-state index in [2.05, 4.69) is 4.98 Å². The van der Waals surface area contributed by atoms with Crippen LogP contribution in [-0.2, 0) is 12.7 Å². The molecule has 1 aromatic rings. The minimum absolute atomic E-state index is 0.0572. The lowest BCUT2D eigenvalue weighted by atomic mass is 10.0. The zero-order chi connectivity index (χ0) is 14.0. The zero-order valence-electron chi connectivity index (χ0n) is 10.6. The summed E-state index contributed by atoms with van der Waals surface area (Å²) >= 11 is 0.992. The quantitative estimate of drug-likeness (QED) is 0.902. The van der Waals surface area contributed by atoms with Crippen LogP contribution in [0, 0.1) is 0 Å². The molecule has 1 aromatic heterocycles. The molecule has 0 amide bonds. The average Bonchev–Trinajstić information content (AvgIpc) is 2.73. The highest BCUT2D eigenvalue weighted by molar-refractivity contribution is 7.09. The molecule has 1 N–H and O–H groups in total. The van der Waals surface area contributed by atoms with Gasteiger partial charge in [-0.05, 0) is 20.4 Å². The number of likely N-dealkylation sites (N-methyl/N-ethyl adjacent to an activating group) is 1. The predicted molar refractivity (Wildman–Crippen MR) is 64.4 cm³/mol. The van der Waals surface area contributed by atoms with E-state index in [0.29, 0.717) is 18.1 Å². The monoisotopic (exact) mass is 282 g/mol. The summed E-state index contributed by atoms with van der Waals surface area (Å²) in [6.07, 6.45) is -4.39. The van der Waals surface area contributed by atoms with Gasteiger partial charge in [-0.25, -0.2) is 4.98 Å². The Labute approximate surface area is 108 Å². The molecule has 0 aliphatic rings. The molecule has 0 aliphatic heterocycles. The summed E-state index contributed by atoms with van der Waals surface area (Å²) in [5.41, 5.74) is -1.32. The topological polar surface area (TPSA) is 36.4 Å². The van der Waals surface area contributed by atoms with Crippen LogP contribution >= 0.6 is 11.3 Å². The van der Waals surface area contributed by atoms with E-state index in [-0.39, 0.29) is 6.61 Å². The summed E-state index contributed by atoms with van der Waals surface area (Å²) < 4.78 is 37.2. The van der Waals surface area contributed by atoms with E-state index >= 15 is 0 Å². The summed E-state index contributed by atoms with van der Waals surface area (Å²) in [6.45, 7) is 6.47. The molecule has 0 atom stereocenters. The van der Waals surface area contributed by atoms with Crippen molar-refractivity contribution in [3.8, 4) is 0 Å². The van der Waals surface area contributed by atoms with Crippen molar-refractivity contribution in [2.75, 3.05) is 13.2 Å². The lowest BCUT2D eigenvalue weighted by Crippen LogP contribution is -2.46. The number of rotatable bonds is 5. The van der Waals surface area contributed by atoms with Crippen LogP contribution in [0.1, 0.15) is 31.5 Å². The van der Waals surface area contributed by atoms with E-state index in [1.54, 1.807) is 0 Å². The lowest BCUT2D eigenvalue weighted by molar-refractivity contribution is -0.140. The molecule has 3 nitrogen and oxygen atoms in total. The first-order valence-corrected chi connectivity index (χ1v) is 6.46. The molecule has 1 rings (SSSR count). The van der Waals surface area contributed by atoms with E-state index < -0.39 is 17.4 Å². The third-order valence-electron chi connectivity index (χ3n) is 2.79. The number of alkyl halides is 3. The number of hydrogen-bond acceptors (Lipinski definition) is 4. The van der Waals surface area contributed by atoms with Crippen LogP contribution in [0.3, 0.4) is 0 Å². The fourth-order valence-corrected chi connectivity index (χ4v) is 2.35. The molecule has 18 heavy (non-hydrogen) atoms. The van der Waals surface area contributed by atoms with E-state index in [1.807, 2.05) is 25.7 Å². The third kappa shape index (κ3) is 3.66. The third-order valence-corrected chi connectivity index (χ3v) is 3.63. The van der Waals surface area contributed by atoms with Crippen LogP contribution in [0.4, 0.5) is 13.2 Å². The summed E-state index contributed by atoms with van der Waals surface area (Å²) in [5, 5.41) is 10.7. The van der Waals surface area contributed by atoms with Crippen molar-refractivity contribution in [3.05, 3.63) is 16.1 Å². The number of thiazole rings is 1. The Morgan fingerprint density at radius 3 is 2.39 bits per heavy atom. The van der Waals surface area contributed by atoms with Gasteiger partial charge in [0, 0.05) is 10.9 Å². The first kappa shape index (κ1) is 15.4. The van der Waals surface area contributed by atoms with Crippen molar-refractivity contribution in [3.63, 3.8) is 0 Å². The fourth-order valence-electron chi connectivity index (χ4n) is 1.53. The maximum atomic E-state index is 12.4. The largest absolute Gasteiger partial charge is 0.434 e. The Morgan fingerprint density at radius 1 is 1.39 bits per heavy atom. The van der Waals surface area contributed by atoms with Crippen molar-refractivity contribution in [2.45, 2.75) is 39.0 Å². The maximum absolute atomic E-state index is 12.4. The van der Waals surface area contributed by atoms with Crippen LogP contribution in [0.5, 0.6) is 0 Å². The predicted octanol–water partition coefficient (Wildman–Crippen LogP) is 2.75. The summed E-state index contributed by atoms with van der Waals surface area (Å²) in [7, 11) is 0. The van der Waals surface area contributed by atoms with Gasteiger partial charge in [0.1, 0.15) is 5.01 Å². The second-order valence-corrected chi connectivity index (χ2v) is 5.55. The van der Waals surface area contributed by atoms with Gasteiger partial charge in [-0.15, -0.1) is 11.3 Å². The highest BCUT2D eigenvalue weighted by Crippen LogP contribution is 2.30. The molecule has 104 valence electrons. The van der Waals surface area contributed by atoms with Gasteiger partial charge < -0.3 is 5.11 Å². The maximum Gasteiger partial charge on any atom is 0.434 e. The van der Waals surface area contributed by atoms with Crippen LogP contribution in [-0.4, -0.2) is 33.7 Å². The normalized spacial score (nSPS) is 13.3. The van der Waals surface area contributed by atoms with Crippen molar-refractivity contribution in [1.29, 1.82) is 0 Å². The van der Waals surface area contributed by atoms with Gasteiger partial charge in [-0.2, -0.15) is 13.2 Å². The van der Waals surface area contributed by atoms with Gasteiger partial charge in [0.2, 0.25) is 0 Å². The molecule has 0 saturated carbocycles. The van der Waals surface area contributed by atoms with Gasteiger partial charge in [0.05, 0.1) is 13.2 Å². The zero-order valence-corrected chi connectivity index (χ0v) is 11.4. The van der Waals surface area contributed by atoms with Crippen LogP contribution in [0.25, 0.3) is 0 Å². The van der Waals surface area contributed by atoms with E-state index in [4.69, 9.17) is 0 Å². The molecule has 0 bridgehead atoms. The standard InChI is InChI=1S/C11H17F3N2OS/c1-4-16(10(2,3)7-17)5-9-15-8(6-18-9)11(12,13)14/h6,17H,4-5,7H2,1-3H3. The number of nitrogens with zero attached hydrogens (tertiary/aromatic N) is 2. The fraction of sp³-hybridized carbons (Fsp3) is 0.727. The van der Waals surface area contributed by atoms with Crippen LogP contribution in [0.2, 0.25) is 0 Å². The first-order valence-electron chi connectivity index (χ1n) is 5.58. The molecule has 1 heterocycles. The Hall–Kier alpha value is -0.660. The van der Waals surface area contributed by atoms with Gasteiger partial charge in [-0.1, -0.05) is 6.92 Å². The molecule has 0 unspecified atom stereocenters. The smallest absolute Gasteiger partial charge is 0.394 e. The van der Waals surface area contributed by atoms with Crippen LogP contribution < -0.4 is 0 Å². The Balaban J connectivity index is 2.81. The minimum Gasteiger partial charge on any atom is -0.394 e. The molecular formula is C11H17F3N2OS. The Bertz CT molecular complexity index is 390. The van der Waals surface area contributed by atoms with Crippen molar-refractivity contribution >= 4 is 11.3 Å². The summed E-state index contributed by atoms with van der Waals surface area (Å²) in [6, 6.07) is 0. The van der Waals surface area contributed by atoms with Gasteiger partial charge in [0.25, 0.3) is 0 Å². The summed E-state index contributed by atoms with van der Waals surface area (Å²) in [5.74, 6) is 0. The highest BCUT2D eigenvalue weighted by Gasteiger charge is 2.34. The van der Waals surface area contributed by atoms with Crippen molar-refractivity contribution in [1.82, 2.24) is 9.88 Å². The molecule has 0 spiro atoms. The second-order valence-electron chi connectivity index (χ2n) is 4.61. The van der Waals surface area contributed by atoms with E-state index in [9.17, 15) is 18.3 Å². The Kier molecular flexibility index (Phi) is 4.74. The molecule has 0 saturated heterocycles. The van der Waals surface area contributed by atoms with Crippen molar-refractivity contribution in [2.24, 2.45) is 0 Å².